The second-order valence-electron chi connectivity index (χ2n) is 5.01. The van der Waals surface area contributed by atoms with E-state index in [1.165, 1.54) is 19.3 Å². The zero-order valence-electron chi connectivity index (χ0n) is 10.6. The summed E-state index contributed by atoms with van der Waals surface area (Å²) in [5, 5.41) is 11.6. The Labute approximate surface area is 107 Å². The normalized spacial score (nSPS) is 15.7. The van der Waals surface area contributed by atoms with Crippen molar-refractivity contribution in [1.82, 2.24) is 4.98 Å². The number of rotatable bonds is 3. The summed E-state index contributed by atoms with van der Waals surface area (Å²) in [7, 11) is 2.12. The van der Waals surface area contributed by atoms with Crippen molar-refractivity contribution in [2.75, 3.05) is 11.9 Å². The fourth-order valence-corrected chi connectivity index (χ4v) is 2.59. The second-order valence-corrected chi connectivity index (χ2v) is 5.01. The second kappa shape index (κ2) is 4.58. The van der Waals surface area contributed by atoms with E-state index in [1.807, 2.05) is 12.1 Å². The van der Waals surface area contributed by atoms with E-state index in [1.54, 1.807) is 6.20 Å². The summed E-state index contributed by atoms with van der Waals surface area (Å²) in [6.07, 6.45) is 5.64. The summed E-state index contributed by atoms with van der Waals surface area (Å²) < 4.78 is 0. The highest BCUT2D eigenvalue weighted by atomic mass is 16.3. The van der Waals surface area contributed by atoms with Crippen LogP contribution in [0.3, 0.4) is 0 Å². The quantitative estimate of drug-likeness (QED) is 0.899. The molecule has 1 aromatic carbocycles. The Balaban J connectivity index is 2.12. The van der Waals surface area contributed by atoms with Crippen LogP contribution in [0.5, 0.6) is 0 Å². The summed E-state index contributed by atoms with van der Waals surface area (Å²) >= 11 is 0. The molecule has 2 aromatic rings. The van der Waals surface area contributed by atoms with Gasteiger partial charge in [-0.05, 0) is 24.6 Å². The van der Waals surface area contributed by atoms with Crippen molar-refractivity contribution in [3.63, 3.8) is 0 Å². The molecule has 3 rings (SSSR count). The van der Waals surface area contributed by atoms with Crippen molar-refractivity contribution in [3.8, 4) is 0 Å². The van der Waals surface area contributed by atoms with Gasteiger partial charge in [-0.1, -0.05) is 24.3 Å². The first-order chi connectivity index (χ1) is 8.81. The molecule has 1 fully saturated rings. The summed E-state index contributed by atoms with van der Waals surface area (Å²) in [6, 6.07) is 8.81. The molecular formula is C15H18N2O. The van der Waals surface area contributed by atoms with Gasteiger partial charge in [0, 0.05) is 30.2 Å². The molecule has 18 heavy (non-hydrogen) atoms. The largest absolute Gasteiger partial charge is 0.392 e. The van der Waals surface area contributed by atoms with Crippen LogP contribution in [0.15, 0.2) is 30.5 Å². The van der Waals surface area contributed by atoms with Crippen molar-refractivity contribution in [2.24, 2.45) is 0 Å². The highest BCUT2D eigenvalue weighted by molar-refractivity contribution is 5.94. The highest BCUT2D eigenvalue weighted by Gasteiger charge is 2.24. The molecule has 0 amide bonds. The molecule has 1 saturated carbocycles. The molecular weight excluding hydrogens is 224 g/mol. The molecule has 3 heteroatoms. The van der Waals surface area contributed by atoms with Gasteiger partial charge in [-0.25, -0.2) is 4.98 Å². The van der Waals surface area contributed by atoms with Crippen LogP contribution in [-0.4, -0.2) is 23.2 Å². The number of fused-ring (bicyclic) bond motifs is 1. The van der Waals surface area contributed by atoms with Gasteiger partial charge in [0.05, 0.1) is 6.61 Å². The third-order valence-electron chi connectivity index (χ3n) is 3.98. The van der Waals surface area contributed by atoms with E-state index in [4.69, 9.17) is 0 Å². The Hall–Kier alpha value is -1.61. The zero-order valence-corrected chi connectivity index (χ0v) is 10.6. The van der Waals surface area contributed by atoms with Crippen LogP contribution in [-0.2, 0) is 6.61 Å². The molecule has 1 N–H and O–H groups in total. The number of hydrogen-bond donors (Lipinski definition) is 1. The van der Waals surface area contributed by atoms with Crippen molar-refractivity contribution in [2.45, 2.75) is 31.9 Å². The number of aliphatic hydroxyl groups excluding tert-OH is 1. The van der Waals surface area contributed by atoms with Crippen LogP contribution < -0.4 is 4.90 Å². The van der Waals surface area contributed by atoms with E-state index in [-0.39, 0.29) is 6.61 Å². The van der Waals surface area contributed by atoms with Crippen LogP contribution >= 0.6 is 0 Å². The number of hydrogen-bond acceptors (Lipinski definition) is 3. The van der Waals surface area contributed by atoms with Gasteiger partial charge in [0.2, 0.25) is 0 Å². The SMILES string of the molecule is CN(c1ncc(CO)c2ccccc12)C1CCC1. The lowest BCUT2D eigenvalue weighted by Gasteiger charge is -2.36. The summed E-state index contributed by atoms with van der Waals surface area (Å²) in [5.74, 6) is 1.03. The van der Waals surface area contributed by atoms with Crippen molar-refractivity contribution in [1.29, 1.82) is 0 Å². The molecule has 1 aromatic heterocycles. The third kappa shape index (κ3) is 1.75. The van der Waals surface area contributed by atoms with E-state index in [0.717, 1.165) is 22.2 Å². The maximum atomic E-state index is 9.38. The average Bonchev–Trinajstić information content (AvgIpc) is 2.35. The Kier molecular flexibility index (Phi) is 2.92. The van der Waals surface area contributed by atoms with Gasteiger partial charge in [-0.3, -0.25) is 0 Å². The highest BCUT2D eigenvalue weighted by Crippen LogP contribution is 2.32. The maximum Gasteiger partial charge on any atom is 0.136 e. The van der Waals surface area contributed by atoms with Crippen molar-refractivity contribution in [3.05, 3.63) is 36.0 Å². The van der Waals surface area contributed by atoms with Gasteiger partial charge in [-0.15, -0.1) is 0 Å². The molecule has 0 radical (unpaired) electrons. The summed E-state index contributed by atoms with van der Waals surface area (Å²) in [4.78, 5) is 6.83. The fourth-order valence-electron chi connectivity index (χ4n) is 2.59. The molecule has 1 aliphatic rings. The topological polar surface area (TPSA) is 36.4 Å². The molecule has 0 atom stereocenters. The number of nitrogens with zero attached hydrogens (tertiary/aromatic N) is 2. The molecule has 0 spiro atoms. The van der Waals surface area contributed by atoms with Crippen LogP contribution in [0.25, 0.3) is 10.8 Å². The molecule has 1 aliphatic carbocycles. The smallest absolute Gasteiger partial charge is 0.136 e. The third-order valence-corrected chi connectivity index (χ3v) is 3.98. The van der Waals surface area contributed by atoms with Gasteiger partial charge >= 0.3 is 0 Å². The lowest BCUT2D eigenvalue weighted by Crippen LogP contribution is -2.37. The van der Waals surface area contributed by atoms with Crippen molar-refractivity contribution < 1.29 is 5.11 Å². The Morgan fingerprint density at radius 2 is 2.00 bits per heavy atom. The molecule has 3 nitrogen and oxygen atoms in total. The predicted octanol–water partition coefficient (Wildman–Crippen LogP) is 2.72. The first-order valence-corrected chi connectivity index (χ1v) is 6.51. The van der Waals surface area contributed by atoms with Gasteiger partial charge in [0.15, 0.2) is 0 Å². The van der Waals surface area contributed by atoms with Gasteiger partial charge in [0.25, 0.3) is 0 Å². The first-order valence-electron chi connectivity index (χ1n) is 6.51. The summed E-state index contributed by atoms with van der Waals surface area (Å²) in [5.41, 5.74) is 0.899. The molecule has 0 unspecified atom stereocenters. The Morgan fingerprint density at radius 1 is 1.28 bits per heavy atom. The average molecular weight is 242 g/mol. The van der Waals surface area contributed by atoms with Gasteiger partial charge in [0.1, 0.15) is 5.82 Å². The van der Waals surface area contributed by atoms with Crippen LogP contribution in [0.1, 0.15) is 24.8 Å². The van der Waals surface area contributed by atoms with Crippen LogP contribution in [0.2, 0.25) is 0 Å². The van der Waals surface area contributed by atoms with E-state index < -0.39 is 0 Å². The van der Waals surface area contributed by atoms with E-state index in [2.05, 4.69) is 29.1 Å². The van der Waals surface area contributed by atoms with Crippen molar-refractivity contribution >= 4 is 16.6 Å². The molecule has 94 valence electrons. The number of aromatic nitrogens is 1. The van der Waals surface area contributed by atoms with E-state index >= 15 is 0 Å². The Morgan fingerprint density at radius 3 is 2.61 bits per heavy atom. The standard InChI is InChI=1S/C15H18N2O/c1-17(12-5-4-6-12)15-14-8-3-2-7-13(14)11(10-18)9-16-15/h2-3,7-9,12,18H,4-6,10H2,1H3. The number of benzene rings is 1. The number of pyridine rings is 1. The summed E-state index contributed by atoms with van der Waals surface area (Å²) in [6.45, 7) is 0.0426. The molecule has 0 aliphatic heterocycles. The molecule has 0 bridgehead atoms. The number of aliphatic hydroxyl groups is 1. The van der Waals surface area contributed by atoms with Gasteiger partial charge < -0.3 is 10.0 Å². The minimum Gasteiger partial charge on any atom is -0.392 e. The van der Waals surface area contributed by atoms with Crippen LogP contribution in [0, 0.1) is 0 Å². The lowest BCUT2D eigenvalue weighted by molar-refractivity contribution is 0.283. The molecule has 0 saturated heterocycles. The Bertz CT molecular complexity index is 563. The predicted molar refractivity (Wildman–Crippen MR) is 73.7 cm³/mol. The zero-order chi connectivity index (χ0) is 12.5. The van der Waals surface area contributed by atoms with Gasteiger partial charge in [-0.2, -0.15) is 0 Å². The monoisotopic (exact) mass is 242 g/mol. The van der Waals surface area contributed by atoms with E-state index in [9.17, 15) is 5.11 Å². The minimum absolute atomic E-state index is 0.0426. The molecule has 1 heterocycles. The lowest BCUT2D eigenvalue weighted by atomic mass is 9.91. The van der Waals surface area contributed by atoms with Crippen LogP contribution in [0.4, 0.5) is 5.82 Å². The minimum atomic E-state index is 0.0426. The van der Waals surface area contributed by atoms with E-state index in [0.29, 0.717) is 6.04 Å². The number of anilines is 1. The fraction of sp³-hybridized carbons (Fsp3) is 0.400. The maximum absolute atomic E-state index is 9.38. The first kappa shape index (κ1) is 11.5.